The average Bonchev–Trinajstić information content (AvgIpc) is 2.87. The highest BCUT2D eigenvalue weighted by Crippen LogP contribution is 2.39. The van der Waals surface area contributed by atoms with Crippen LogP contribution in [-0.2, 0) is 17.8 Å². The van der Waals surface area contributed by atoms with E-state index < -0.39 is 29.4 Å². The van der Waals surface area contributed by atoms with Crippen LogP contribution in [0.5, 0.6) is 0 Å². The van der Waals surface area contributed by atoms with Gasteiger partial charge in [-0.05, 0) is 93.2 Å². The highest BCUT2D eigenvalue weighted by Gasteiger charge is 2.27. The van der Waals surface area contributed by atoms with Crippen molar-refractivity contribution in [1.29, 1.82) is 0 Å². The van der Waals surface area contributed by atoms with Gasteiger partial charge >= 0.3 is 0 Å². The van der Waals surface area contributed by atoms with Gasteiger partial charge in [0, 0.05) is 17.7 Å². The van der Waals surface area contributed by atoms with E-state index in [2.05, 4.69) is 0 Å². The molecule has 6 heteroatoms. The second-order valence-electron chi connectivity index (χ2n) is 9.89. The van der Waals surface area contributed by atoms with Crippen LogP contribution in [0.3, 0.4) is 0 Å². The van der Waals surface area contributed by atoms with Gasteiger partial charge in [-0.1, -0.05) is 30.3 Å². The maximum absolute atomic E-state index is 14.8. The minimum Gasteiger partial charge on any atom is -0.393 e. The first kappa shape index (κ1) is 25.9. The monoisotopic (exact) mass is 490 g/mol. The van der Waals surface area contributed by atoms with Crippen molar-refractivity contribution in [2.45, 2.75) is 83.3 Å². The predicted molar refractivity (Wildman–Crippen MR) is 129 cm³/mol. The molecule has 0 aromatic heterocycles. The number of aliphatic hydroxyl groups is 1. The molecule has 1 unspecified atom stereocenters. The summed E-state index contributed by atoms with van der Waals surface area (Å²) in [7, 11) is 0. The van der Waals surface area contributed by atoms with Gasteiger partial charge in [-0.3, -0.25) is 0 Å². The minimum absolute atomic E-state index is 0.0300. The van der Waals surface area contributed by atoms with Crippen molar-refractivity contribution in [3.8, 4) is 0 Å². The van der Waals surface area contributed by atoms with E-state index in [1.54, 1.807) is 30.3 Å². The molecule has 0 heterocycles. The van der Waals surface area contributed by atoms with Crippen molar-refractivity contribution >= 4 is 5.57 Å². The molecule has 2 nitrogen and oxygen atoms in total. The van der Waals surface area contributed by atoms with Gasteiger partial charge in [0.2, 0.25) is 0 Å². The summed E-state index contributed by atoms with van der Waals surface area (Å²) in [5.74, 6) is -2.86. The van der Waals surface area contributed by atoms with Gasteiger partial charge in [-0.2, -0.15) is 0 Å². The standard InChI is InChI=1S/C29H34F4O2/c1-2-35-17-22-12-16-25(29(33)27(22)31)19-6-3-18(4-7-19)5-8-21-11-15-24(28(32)26(21)30)20-9-13-23(34)14-10-20/h9,11-12,15-16,18-19,23,34H,2-8,10,13-14,17H2,1H3. The molecule has 2 aromatic carbocycles. The first-order valence-corrected chi connectivity index (χ1v) is 12.8. The van der Waals surface area contributed by atoms with Gasteiger partial charge in [-0.25, -0.2) is 17.6 Å². The van der Waals surface area contributed by atoms with Gasteiger partial charge in [0.25, 0.3) is 0 Å². The molecule has 2 aliphatic rings. The summed E-state index contributed by atoms with van der Waals surface area (Å²) in [6.45, 7) is 2.31. The van der Waals surface area contributed by atoms with Crippen LogP contribution in [0.15, 0.2) is 30.3 Å². The molecule has 1 atom stereocenters. The van der Waals surface area contributed by atoms with E-state index in [-0.39, 0.29) is 18.1 Å². The van der Waals surface area contributed by atoms with Crippen LogP contribution >= 0.6 is 0 Å². The number of ether oxygens (including phenoxy) is 1. The molecular weight excluding hydrogens is 456 g/mol. The Morgan fingerprint density at radius 3 is 2.26 bits per heavy atom. The van der Waals surface area contributed by atoms with Crippen LogP contribution in [0, 0.1) is 29.2 Å². The molecule has 1 N–H and O–H groups in total. The summed E-state index contributed by atoms with van der Waals surface area (Å²) in [5.41, 5.74) is 2.09. The topological polar surface area (TPSA) is 29.5 Å². The highest BCUT2D eigenvalue weighted by atomic mass is 19.2. The number of halogens is 4. The van der Waals surface area contributed by atoms with Crippen molar-refractivity contribution in [2.24, 2.45) is 5.92 Å². The van der Waals surface area contributed by atoms with Crippen LogP contribution in [0.25, 0.3) is 5.57 Å². The lowest BCUT2D eigenvalue weighted by Crippen LogP contribution is -2.16. The van der Waals surface area contributed by atoms with Crippen LogP contribution in [0.4, 0.5) is 17.6 Å². The van der Waals surface area contributed by atoms with Crippen molar-refractivity contribution in [3.05, 3.63) is 75.9 Å². The summed E-state index contributed by atoms with van der Waals surface area (Å²) in [4.78, 5) is 0. The van der Waals surface area contributed by atoms with E-state index in [0.29, 0.717) is 54.9 Å². The highest BCUT2D eigenvalue weighted by molar-refractivity contribution is 5.67. The van der Waals surface area contributed by atoms with Gasteiger partial charge in [0.1, 0.15) is 0 Å². The molecule has 2 aromatic rings. The van der Waals surface area contributed by atoms with E-state index in [9.17, 15) is 22.7 Å². The summed E-state index contributed by atoms with van der Waals surface area (Å²) in [6, 6.07) is 6.62. The summed E-state index contributed by atoms with van der Waals surface area (Å²) >= 11 is 0. The average molecular weight is 491 g/mol. The molecule has 4 rings (SSSR count). The number of hydrogen-bond acceptors (Lipinski definition) is 2. The van der Waals surface area contributed by atoms with Crippen LogP contribution in [0.1, 0.15) is 86.5 Å². The first-order chi connectivity index (χ1) is 16.9. The molecule has 1 saturated carbocycles. The molecule has 1 fully saturated rings. The van der Waals surface area contributed by atoms with E-state index in [4.69, 9.17) is 4.74 Å². The first-order valence-electron chi connectivity index (χ1n) is 12.8. The van der Waals surface area contributed by atoms with Crippen LogP contribution in [-0.4, -0.2) is 17.8 Å². The Labute approximate surface area is 205 Å². The Kier molecular flexibility index (Phi) is 8.66. The van der Waals surface area contributed by atoms with Gasteiger partial charge < -0.3 is 9.84 Å². The van der Waals surface area contributed by atoms with Gasteiger partial charge in [0.05, 0.1) is 12.7 Å². The van der Waals surface area contributed by atoms with E-state index in [1.807, 2.05) is 6.92 Å². The van der Waals surface area contributed by atoms with Crippen LogP contribution in [0.2, 0.25) is 0 Å². The minimum atomic E-state index is -0.820. The molecule has 190 valence electrons. The second-order valence-corrected chi connectivity index (χ2v) is 9.89. The molecule has 0 radical (unpaired) electrons. The van der Waals surface area contributed by atoms with Crippen molar-refractivity contribution in [1.82, 2.24) is 0 Å². The van der Waals surface area contributed by atoms with Gasteiger partial charge in [-0.15, -0.1) is 0 Å². The third-order valence-electron chi connectivity index (χ3n) is 7.65. The maximum atomic E-state index is 14.8. The zero-order chi connectivity index (χ0) is 24.9. The number of aliphatic hydroxyl groups excluding tert-OH is 1. The van der Waals surface area contributed by atoms with Crippen molar-refractivity contribution in [3.63, 3.8) is 0 Å². The molecule has 0 bridgehead atoms. The smallest absolute Gasteiger partial charge is 0.166 e. The fourth-order valence-electron chi connectivity index (χ4n) is 5.46. The lowest BCUT2D eigenvalue weighted by molar-refractivity contribution is 0.130. The van der Waals surface area contributed by atoms with Gasteiger partial charge in [0.15, 0.2) is 23.3 Å². The number of hydrogen-bond donors (Lipinski definition) is 1. The Bertz CT molecular complexity index is 1060. The third kappa shape index (κ3) is 5.97. The number of aryl methyl sites for hydroxylation is 1. The molecule has 2 aliphatic carbocycles. The largest absolute Gasteiger partial charge is 0.393 e. The van der Waals surface area contributed by atoms with Crippen molar-refractivity contribution in [2.75, 3.05) is 6.61 Å². The molecular formula is C29H34F4O2. The lowest BCUT2D eigenvalue weighted by Gasteiger charge is -2.29. The summed E-state index contributed by atoms with van der Waals surface area (Å²) in [6.07, 6.45) is 7.35. The van der Waals surface area contributed by atoms with Crippen LogP contribution < -0.4 is 0 Å². The Hall–Kier alpha value is -2.18. The Morgan fingerprint density at radius 1 is 0.857 bits per heavy atom. The molecule has 0 spiro atoms. The SMILES string of the molecule is CCOCc1ccc(C2CCC(CCc3ccc(C4=CCC(O)CC4)c(F)c3F)CC2)c(F)c1F. The third-order valence-corrected chi connectivity index (χ3v) is 7.65. The summed E-state index contributed by atoms with van der Waals surface area (Å²) in [5, 5.41) is 9.63. The zero-order valence-electron chi connectivity index (χ0n) is 20.3. The fourth-order valence-corrected chi connectivity index (χ4v) is 5.46. The fraction of sp³-hybridized carbons (Fsp3) is 0.517. The summed E-state index contributed by atoms with van der Waals surface area (Å²) < 4.78 is 63.9. The van der Waals surface area contributed by atoms with E-state index in [1.165, 1.54) is 0 Å². The number of rotatable bonds is 8. The molecule has 35 heavy (non-hydrogen) atoms. The Balaban J connectivity index is 1.33. The number of allylic oxidation sites excluding steroid dienone is 1. The molecule has 0 saturated heterocycles. The zero-order valence-corrected chi connectivity index (χ0v) is 20.3. The predicted octanol–water partition coefficient (Wildman–Crippen LogP) is 7.61. The normalized spacial score (nSPS) is 22.8. The van der Waals surface area contributed by atoms with E-state index in [0.717, 1.165) is 37.7 Å². The molecule has 0 amide bonds. The number of benzene rings is 2. The van der Waals surface area contributed by atoms with E-state index >= 15 is 0 Å². The maximum Gasteiger partial charge on any atom is 0.166 e. The molecule has 0 aliphatic heterocycles. The quantitative estimate of drug-likeness (QED) is 0.386. The van der Waals surface area contributed by atoms with Crippen molar-refractivity contribution < 1.29 is 27.4 Å². The Morgan fingerprint density at radius 2 is 1.57 bits per heavy atom. The lowest BCUT2D eigenvalue weighted by atomic mass is 9.76. The second kappa shape index (κ2) is 11.7.